The van der Waals surface area contributed by atoms with Gasteiger partial charge >= 0.3 is 0 Å². The lowest BCUT2D eigenvalue weighted by Gasteiger charge is -2.08. The molecule has 0 atom stereocenters. The third-order valence-electron chi connectivity index (χ3n) is 3.93. The standard InChI is InChI=1S/C19H13FN4S/c1-2-11-25-19-21-18-17(22-23-19)14-8-4-6-10-16(14)24(18)12-13-7-3-5-9-15(13)20/h1,3-10H,11-12H2. The molecule has 4 aromatic rings. The lowest BCUT2D eigenvalue weighted by atomic mass is 10.2. The van der Waals surface area contributed by atoms with Gasteiger partial charge in [-0.15, -0.1) is 16.6 Å². The maximum Gasteiger partial charge on any atom is 0.212 e. The van der Waals surface area contributed by atoms with Gasteiger partial charge in [0, 0.05) is 10.9 Å². The van der Waals surface area contributed by atoms with Gasteiger partial charge in [0.25, 0.3) is 0 Å². The summed E-state index contributed by atoms with van der Waals surface area (Å²) in [6, 6.07) is 14.6. The highest BCUT2D eigenvalue weighted by Crippen LogP contribution is 2.28. The normalized spacial score (nSPS) is 11.0. The summed E-state index contributed by atoms with van der Waals surface area (Å²) in [5, 5.41) is 9.95. The van der Waals surface area contributed by atoms with Crippen molar-refractivity contribution in [3.05, 3.63) is 59.9 Å². The second-order valence-corrected chi connectivity index (χ2v) is 6.40. The highest BCUT2D eigenvalue weighted by atomic mass is 32.2. The van der Waals surface area contributed by atoms with E-state index in [-0.39, 0.29) is 5.82 Å². The van der Waals surface area contributed by atoms with Crippen molar-refractivity contribution in [1.29, 1.82) is 0 Å². The molecule has 4 nitrogen and oxygen atoms in total. The number of halogens is 1. The Morgan fingerprint density at radius 3 is 2.72 bits per heavy atom. The van der Waals surface area contributed by atoms with Crippen LogP contribution in [-0.4, -0.2) is 25.5 Å². The molecule has 6 heteroatoms. The van der Waals surface area contributed by atoms with E-state index in [4.69, 9.17) is 6.42 Å². The number of terminal acetylenes is 1. The number of thioether (sulfide) groups is 1. The van der Waals surface area contributed by atoms with Crippen LogP contribution in [-0.2, 0) is 6.54 Å². The van der Waals surface area contributed by atoms with Crippen LogP contribution >= 0.6 is 11.8 Å². The maximum atomic E-state index is 14.1. The van der Waals surface area contributed by atoms with Gasteiger partial charge in [-0.1, -0.05) is 54.1 Å². The van der Waals surface area contributed by atoms with Crippen molar-refractivity contribution in [3.63, 3.8) is 0 Å². The van der Waals surface area contributed by atoms with E-state index in [1.165, 1.54) is 17.8 Å². The van der Waals surface area contributed by atoms with E-state index in [1.807, 2.05) is 34.9 Å². The first-order valence-electron chi connectivity index (χ1n) is 7.69. The Balaban J connectivity index is 1.92. The summed E-state index contributed by atoms with van der Waals surface area (Å²) in [7, 11) is 0. The van der Waals surface area contributed by atoms with Gasteiger partial charge in [0.15, 0.2) is 5.65 Å². The largest absolute Gasteiger partial charge is 0.319 e. The molecule has 0 bridgehead atoms. The molecule has 4 rings (SSSR count). The fraction of sp³-hybridized carbons (Fsp3) is 0.105. The summed E-state index contributed by atoms with van der Waals surface area (Å²) >= 11 is 1.36. The van der Waals surface area contributed by atoms with Crippen LogP contribution in [0.5, 0.6) is 0 Å². The topological polar surface area (TPSA) is 43.6 Å². The highest BCUT2D eigenvalue weighted by Gasteiger charge is 2.16. The highest BCUT2D eigenvalue weighted by molar-refractivity contribution is 7.99. The molecule has 0 radical (unpaired) electrons. The minimum absolute atomic E-state index is 0.239. The van der Waals surface area contributed by atoms with Gasteiger partial charge in [-0.05, 0) is 12.1 Å². The van der Waals surface area contributed by atoms with Crippen molar-refractivity contribution in [3.8, 4) is 12.3 Å². The van der Waals surface area contributed by atoms with Crippen molar-refractivity contribution in [2.75, 3.05) is 5.75 Å². The van der Waals surface area contributed by atoms with Crippen LogP contribution in [0.25, 0.3) is 22.1 Å². The molecular weight excluding hydrogens is 335 g/mol. The number of benzene rings is 2. The summed E-state index contributed by atoms with van der Waals surface area (Å²) in [4.78, 5) is 4.61. The summed E-state index contributed by atoms with van der Waals surface area (Å²) < 4.78 is 16.1. The lowest BCUT2D eigenvalue weighted by Crippen LogP contribution is -2.04. The smallest absolute Gasteiger partial charge is 0.212 e. The van der Waals surface area contributed by atoms with Crippen molar-refractivity contribution in [2.24, 2.45) is 0 Å². The molecule has 0 N–H and O–H groups in total. The number of aromatic nitrogens is 4. The molecule has 122 valence electrons. The molecule has 0 fully saturated rings. The van der Waals surface area contributed by atoms with Gasteiger partial charge in [-0.3, -0.25) is 0 Å². The van der Waals surface area contributed by atoms with Gasteiger partial charge in [-0.2, -0.15) is 0 Å². The van der Waals surface area contributed by atoms with Crippen LogP contribution in [0.1, 0.15) is 5.56 Å². The molecule has 25 heavy (non-hydrogen) atoms. The van der Waals surface area contributed by atoms with E-state index in [2.05, 4.69) is 21.1 Å². The molecule has 0 spiro atoms. The van der Waals surface area contributed by atoms with Crippen LogP contribution in [0.3, 0.4) is 0 Å². The van der Waals surface area contributed by atoms with Crippen LogP contribution in [0.2, 0.25) is 0 Å². The van der Waals surface area contributed by atoms with Gasteiger partial charge in [-0.25, -0.2) is 9.37 Å². The molecule has 2 aromatic carbocycles. The summed E-state index contributed by atoms with van der Waals surface area (Å²) in [5.41, 5.74) is 2.93. The predicted molar refractivity (Wildman–Crippen MR) is 97.9 cm³/mol. The van der Waals surface area contributed by atoms with E-state index in [0.717, 1.165) is 10.9 Å². The number of nitrogens with zero attached hydrogens (tertiary/aromatic N) is 4. The fourth-order valence-corrected chi connectivity index (χ4v) is 3.28. The number of hydrogen-bond acceptors (Lipinski definition) is 4. The average molecular weight is 348 g/mol. The number of fused-ring (bicyclic) bond motifs is 3. The quantitative estimate of drug-likeness (QED) is 0.414. The molecule has 0 aliphatic heterocycles. The first-order valence-corrected chi connectivity index (χ1v) is 8.68. The first kappa shape index (κ1) is 15.6. The Hall–Kier alpha value is -2.91. The molecule has 0 unspecified atom stereocenters. The van der Waals surface area contributed by atoms with Crippen LogP contribution in [0.15, 0.2) is 53.7 Å². The SMILES string of the molecule is C#CCSc1nnc2c3ccccc3n(Cc3ccccc3F)c2n1. The zero-order valence-corrected chi connectivity index (χ0v) is 14.0. The summed E-state index contributed by atoms with van der Waals surface area (Å²) in [5.74, 6) is 2.79. The van der Waals surface area contributed by atoms with Crippen molar-refractivity contribution in [1.82, 2.24) is 19.7 Å². The first-order chi connectivity index (χ1) is 12.3. The third-order valence-corrected chi connectivity index (χ3v) is 4.67. The molecule has 0 aliphatic rings. The zero-order valence-electron chi connectivity index (χ0n) is 13.2. The molecule has 2 heterocycles. The summed E-state index contributed by atoms with van der Waals surface area (Å²) in [6.07, 6.45) is 5.31. The number of hydrogen-bond donors (Lipinski definition) is 0. The maximum absolute atomic E-state index is 14.1. The monoisotopic (exact) mass is 348 g/mol. The lowest BCUT2D eigenvalue weighted by molar-refractivity contribution is 0.603. The molecular formula is C19H13FN4S. The summed E-state index contributed by atoms with van der Waals surface area (Å²) in [6.45, 7) is 0.370. The Labute approximate surface area is 148 Å². The Morgan fingerprint density at radius 1 is 1.08 bits per heavy atom. The van der Waals surface area contributed by atoms with Gasteiger partial charge in [0.2, 0.25) is 5.16 Å². The minimum Gasteiger partial charge on any atom is -0.319 e. The fourth-order valence-electron chi connectivity index (χ4n) is 2.81. The molecule has 0 saturated carbocycles. The second kappa shape index (κ2) is 6.54. The minimum atomic E-state index is -0.239. The molecule has 2 aromatic heterocycles. The predicted octanol–water partition coefficient (Wildman–Crippen LogP) is 3.89. The van der Waals surface area contributed by atoms with E-state index >= 15 is 0 Å². The Kier molecular flexibility index (Phi) is 4.08. The third kappa shape index (κ3) is 2.83. The van der Waals surface area contributed by atoms with Crippen molar-refractivity contribution < 1.29 is 4.39 Å². The van der Waals surface area contributed by atoms with Crippen LogP contribution < -0.4 is 0 Å². The van der Waals surface area contributed by atoms with E-state index in [1.54, 1.807) is 12.1 Å². The van der Waals surface area contributed by atoms with Crippen molar-refractivity contribution in [2.45, 2.75) is 11.7 Å². The average Bonchev–Trinajstić information content (AvgIpc) is 2.95. The second-order valence-electron chi connectivity index (χ2n) is 5.45. The van der Waals surface area contributed by atoms with Gasteiger partial charge in [0.1, 0.15) is 11.3 Å². The molecule has 0 saturated heterocycles. The van der Waals surface area contributed by atoms with Crippen LogP contribution in [0.4, 0.5) is 4.39 Å². The van der Waals surface area contributed by atoms with E-state index < -0.39 is 0 Å². The van der Waals surface area contributed by atoms with E-state index in [0.29, 0.717) is 34.2 Å². The Bertz CT molecular complexity index is 1110. The zero-order chi connectivity index (χ0) is 17.2. The van der Waals surface area contributed by atoms with Gasteiger partial charge < -0.3 is 4.57 Å². The van der Waals surface area contributed by atoms with Crippen molar-refractivity contribution >= 4 is 33.8 Å². The van der Waals surface area contributed by atoms with E-state index in [9.17, 15) is 4.39 Å². The number of rotatable bonds is 4. The van der Waals surface area contributed by atoms with Gasteiger partial charge in [0.05, 0.1) is 17.8 Å². The van der Waals surface area contributed by atoms with Crippen LogP contribution in [0, 0.1) is 18.2 Å². The molecule has 0 amide bonds. The molecule has 0 aliphatic carbocycles. The Morgan fingerprint density at radius 2 is 1.88 bits per heavy atom. The number of para-hydroxylation sites is 1.